The molecule has 25 heavy (non-hydrogen) atoms. The predicted molar refractivity (Wildman–Crippen MR) is 113 cm³/mol. The Labute approximate surface area is 167 Å². The van der Waals surface area contributed by atoms with Gasteiger partial charge < -0.3 is 24.8 Å². The monoisotopic (exact) mass is 463 g/mol. The van der Waals surface area contributed by atoms with Crippen LogP contribution in [-0.4, -0.2) is 46.0 Å². The molecule has 0 atom stereocenters. The van der Waals surface area contributed by atoms with E-state index in [2.05, 4.69) is 22.5 Å². The molecule has 1 aliphatic heterocycles. The van der Waals surface area contributed by atoms with Gasteiger partial charge in [-0.1, -0.05) is 0 Å². The number of halogens is 1. The van der Waals surface area contributed by atoms with E-state index in [9.17, 15) is 0 Å². The van der Waals surface area contributed by atoms with Crippen LogP contribution >= 0.6 is 24.0 Å². The van der Waals surface area contributed by atoms with Crippen molar-refractivity contribution in [3.8, 4) is 11.5 Å². The van der Waals surface area contributed by atoms with E-state index in [1.165, 1.54) is 0 Å². The van der Waals surface area contributed by atoms with Gasteiger partial charge in [0.1, 0.15) is 0 Å². The molecule has 7 heteroatoms. The second-order valence-electron chi connectivity index (χ2n) is 5.65. The first-order chi connectivity index (χ1) is 11.8. The highest BCUT2D eigenvalue weighted by molar-refractivity contribution is 14.0. The summed E-state index contributed by atoms with van der Waals surface area (Å²) in [6.45, 7) is 5.88. The molecule has 0 unspecified atom stereocenters. The van der Waals surface area contributed by atoms with Gasteiger partial charge in [0.2, 0.25) is 0 Å². The Bertz CT molecular complexity index is 526. The average Bonchev–Trinajstić information content (AvgIpc) is 2.83. The lowest BCUT2D eigenvalue weighted by Gasteiger charge is -2.13. The SMILES string of the molecule is CCNC(=NCCCCCOC)Nc1ccc2c(c1)OCCCO2.I. The van der Waals surface area contributed by atoms with E-state index >= 15 is 0 Å². The fourth-order valence-corrected chi connectivity index (χ4v) is 2.41. The highest BCUT2D eigenvalue weighted by Crippen LogP contribution is 2.32. The molecular formula is C18H30IN3O3. The first kappa shape index (κ1) is 21.8. The minimum Gasteiger partial charge on any atom is -0.490 e. The van der Waals surface area contributed by atoms with Gasteiger partial charge in [0.25, 0.3) is 0 Å². The quantitative estimate of drug-likeness (QED) is 0.267. The molecule has 0 bridgehead atoms. The molecule has 6 nitrogen and oxygen atoms in total. The number of anilines is 1. The molecule has 142 valence electrons. The molecule has 0 saturated carbocycles. The van der Waals surface area contributed by atoms with Gasteiger partial charge in [-0.2, -0.15) is 0 Å². The van der Waals surface area contributed by atoms with E-state index in [-0.39, 0.29) is 24.0 Å². The van der Waals surface area contributed by atoms with Crippen LogP contribution in [0.1, 0.15) is 32.6 Å². The lowest BCUT2D eigenvalue weighted by atomic mass is 10.2. The average molecular weight is 463 g/mol. The van der Waals surface area contributed by atoms with E-state index in [4.69, 9.17) is 14.2 Å². The minimum atomic E-state index is 0. The van der Waals surface area contributed by atoms with Gasteiger partial charge in [-0.25, -0.2) is 0 Å². The molecule has 2 rings (SSSR count). The lowest BCUT2D eigenvalue weighted by molar-refractivity contribution is 0.192. The highest BCUT2D eigenvalue weighted by atomic mass is 127. The van der Waals surface area contributed by atoms with Crippen LogP contribution in [0.5, 0.6) is 11.5 Å². The number of nitrogens with zero attached hydrogens (tertiary/aromatic N) is 1. The zero-order valence-corrected chi connectivity index (χ0v) is 17.5. The molecule has 1 heterocycles. The third kappa shape index (κ3) is 8.13. The van der Waals surface area contributed by atoms with Gasteiger partial charge in [0.15, 0.2) is 17.5 Å². The molecule has 0 spiro atoms. The summed E-state index contributed by atoms with van der Waals surface area (Å²) in [5, 5.41) is 6.60. The van der Waals surface area contributed by atoms with Crippen molar-refractivity contribution >= 4 is 35.6 Å². The zero-order valence-electron chi connectivity index (χ0n) is 15.2. The van der Waals surface area contributed by atoms with Crippen LogP contribution in [0, 0.1) is 0 Å². The number of nitrogens with one attached hydrogen (secondary N) is 2. The summed E-state index contributed by atoms with van der Waals surface area (Å²) in [5.41, 5.74) is 0.943. The van der Waals surface area contributed by atoms with Crippen LogP contribution in [0.25, 0.3) is 0 Å². The first-order valence-electron chi connectivity index (χ1n) is 8.77. The van der Waals surface area contributed by atoms with Crippen molar-refractivity contribution in [2.75, 3.05) is 45.3 Å². The largest absolute Gasteiger partial charge is 0.490 e. The van der Waals surface area contributed by atoms with Crippen molar-refractivity contribution in [3.63, 3.8) is 0 Å². The number of unbranched alkanes of at least 4 members (excludes halogenated alkanes) is 2. The van der Waals surface area contributed by atoms with Crippen LogP contribution in [-0.2, 0) is 4.74 Å². The number of hydrogen-bond acceptors (Lipinski definition) is 4. The number of aliphatic imine (C=N–C) groups is 1. The van der Waals surface area contributed by atoms with E-state index in [0.29, 0.717) is 13.2 Å². The maximum atomic E-state index is 5.73. The maximum absolute atomic E-state index is 5.73. The number of fused-ring (bicyclic) bond motifs is 1. The topological polar surface area (TPSA) is 64.1 Å². The fourth-order valence-electron chi connectivity index (χ4n) is 2.41. The molecule has 0 fully saturated rings. The van der Waals surface area contributed by atoms with E-state index in [0.717, 1.165) is 68.5 Å². The Kier molecular flexibility index (Phi) is 11.4. The molecule has 0 amide bonds. The summed E-state index contributed by atoms with van der Waals surface area (Å²) >= 11 is 0. The van der Waals surface area contributed by atoms with E-state index in [1.54, 1.807) is 7.11 Å². The Morgan fingerprint density at radius 1 is 1.16 bits per heavy atom. The fraction of sp³-hybridized carbons (Fsp3) is 0.611. The molecule has 2 N–H and O–H groups in total. The van der Waals surface area contributed by atoms with Crippen molar-refractivity contribution in [2.24, 2.45) is 4.99 Å². The number of methoxy groups -OCH3 is 1. The van der Waals surface area contributed by atoms with Crippen molar-refractivity contribution in [1.29, 1.82) is 0 Å². The summed E-state index contributed by atoms with van der Waals surface area (Å²) in [5.74, 6) is 2.38. The molecule has 0 aromatic heterocycles. The summed E-state index contributed by atoms with van der Waals surface area (Å²) in [6.07, 6.45) is 4.17. The summed E-state index contributed by atoms with van der Waals surface area (Å²) in [4.78, 5) is 4.62. The number of ether oxygens (including phenoxy) is 3. The van der Waals surface area contributed by atoms with Crippen molar-refractivity contribution in [3.05, 3.63) is 18.2 Å². The Balaban J connectivity index is 0.00000312. The summed E-state index contributed by atoms with van der Waals surface area (Å²) in [6, 6.07) is 5.89. The molecule has 0 saturated heterocycles. The standard InChI is InChI=1S/C18H29N3O3.HI/c1-3-19-18(20-10-5-4-6-11-22-2)21-15-8-9-16-17(14-15)24-13-7-12-23-16;/h8-9,14H,3-7,10-13H2,1-2H3,(H2,19,20,21);1H. The first-order valence-corrected chi connectivity index (χ1v) is 8.77. The zero-order chi connectivity index (χ0) is 17.0. The second-order valence-corrected chi connectivity index (χ2v) is 5.65. The van der Waals surface area contributed by atoms with Gasteiger partial charge in [0.05, 0.1) is 13.2 Å². The van der Waals surface area contributed by atoms with E-state index < -0.39 is 0 Å². The van der Waals surface area contributed by atoms with Gasteiger partial charge >= 0.3 is 0 Å². The Hall–Kier alpha value is -1.22. The van der Waals surface area contributed by atoms with Crippen LogP contribution in [0.4, 0.5) is 5.69 Å². The smallest absolute Gasteiger partial charge is 0.195 e. The molecule has 1 aromatic carbocycles. The normalized spacial score (nSPS) is 13.6. The molecule has 0 radical (unpaired) electrons. The maximum Gasteiger partial charge on any atom is 0.195 e. The third-order valence-electron chi connectivity index (χ3n) is 3.63. The van der Waals surface area contributed by atoms with Crippen molar-refractivity contribution < 1.29 is 14.2 Å². The Morgan fingerprint density at radius 3 is 2.72 bits per heavy atom. The number of benzene rings is 1. The Morgan fingerprint density at radius 2 is 1.96 bits per heavy atom. The van der Waals surface area contributed by atoms with Crippen LogP contribution < -0.4 is 20.1 Å². The van der Waals surface area contributed by atoms with Crippen LogP contribution in [0.2, 0.25) is 0 Å². The van der Waals surface area contributed by atoms with Crippen LogP contribution in [0.3, 0.4) is 0 Å². The number of guanidine groups is 1. The molecular weight excluding hydrogens is 433 g/mol. The van der Waals surface area contributed by atoms with Gasteiger partial charge in [0, 0.05) is 45.0 Å². The summed E-state index contributed by atoms with van der Waals surface area (Å²) in [7, 11) is 1.74. The van der Waals surface area contributed by atoms with E-state index in [1.807, 2.05) is 18.2 Å². The number of hydrogen-bond donors (Lipinski definition) is 2. The van der Waals surface area contributed by atoms with Gasteiger partial charge in [-0.3, -0.25) is 4.99 Å². The minimum absolute atomic E-state index is 0. The third-order valence-corrected chi connectivity index (χ3v) is 3.63. The number of rotatable bonds is 8. The molecule has 0 aliphatic carbocycles. The van der Waals surface area contributed by atoms with Gasteiger partial charge in [-0.15, -0.1) is 24.0 Å². The predicted octanol–water partition coefficient (Wildman–Crippen LogP) is 3.66. The van der Waals surface area contributed by atoms with Crippen LogP contribution in [0.15, 0.2) is 23.2 Å². The second kappa shape index (κ2) is 13.0. The molecule has 1 aromatic rings. The summed E-state index contributed by atoms with van der Waals surface area (Å²) < 4.78 is 16.4. The van der Waals surface area contributed by atoms with Gasteiger partial charge in [-0.05, 0) is 38.3 Å². The van der Waals surface area contributed by atoms with Crippen molar-refractivity contribution in [2.45, 2.75) is 32.6 Å². The van der Waals surface area contributed by atoms with Crippen molar-refractivity contribution in [1.82, 2.24) is 5.32 Å². The highest BCUT2D eigenvalue weighted by Gasteiger charge is 2.11. The lowest BCUT2D eigenvalue weighted by Crippen LogP contribution is -2.30. The molecule has 1 aliphatic rings.